The van der Waals surface area contributed by atoms with Crippen LogP contribution in [0.5, 0.6) is 5.75 Å². The Morgan fingerprint density at radius 1 is 1.17 bits per heavy atom. The van der Waals surface area contributed by atoms with Crippen LogP contribution in [0, 0.1) is 6.92 Å². The number of aryl methyl sites for hydroxylation is 1. The van der Waals surface area contributed by atoms with Gasteiger partial charge < -0.3 is 19.7 Å². The Hall–Kier alpha value is -2.57. The zero-order valence-electron chi connectivity index (χ0n) is 17.6. The summed E-state index contributed by atoms with van der Waals surface area (Å²) in [4.78, 5) is 16.8. The molecule has 0 aromatic heterocycles. The molecule has 1 unspecified atom stereocenters. The molecule has 29 heavy (non-hydrogen) atoms. The van der Waals surface area contributed by atoms with Crippen LogP contribution in [0.4, 0.5) is 5.69 Å². The Labute approximate surface area is 173 Å². The minimum Gasteiger partial charge on any atom is -0.484 e. The number of nitrogens with one attached hydrogen (secondary N) is 1. The van der Waals surface area contributed by atoms with Crippen LogP contribution in [0.1, 0.15) is 17.2 Å². The van der Waals surface area contributed by atoms with E-state index in [1.54, 1.807) is 0 Å². The van der Waals surface area contributed by atoms with E-state index >= 15 is 0 Å². The van der Waals surface area contributed by atoms with Crippen molar-refractivity contribution in [2.45, 2.75) is 13.0 Å². The maximum absolute atomic E-state index is 12.4. The zero-order chi connectivity index (χ0) is 20.6. The predicted molar refractivity (Wildman–Crippen MR) is 116 cm³/mol. The van der Waals surface area contributed by atoms with Crippen molar-refractivity contribution in [2.75, 3.05) is 58.5 Å². The van der Waals surface area contributed by atoms with Gasteiger partial charge in [-0.3, -0.25) is 9.69 Å². The smallest absolute Gasteiger partial charge is 0.258 e. The second-order valence-corrected chi connectivity index (χ2v) is 7.56. The highest BCUT2D eigenvalue weighted by Crippen LogP contribution is 2.24. The molecule has 1 saturated heterocycles. The van der Waals surface area contributed by atoms with Gasteiger partial charge in [0.05, 0.1) is 19.3 Å². The summed E-state index contributed by atoms with van der Waals surface area (Å²) in [5.41, 5.74) is 3.46. The van der Waals surface area contributed by atoms with Crippen molar-refractivity contribution in [3.8, 4) is 5.75 Å². The quantitative estimate of drug-likeness (QED) is 0.742. The Morgan fingerprint density at radius 2 is 1.90 bits per heavy atom. The van der Waals surface area contributed by atoms with Gasteiger partial charge >= 0.3 is 0 Å². The van der Waals surface area contributed by atoms with E-state index < -0.39 is 0 Å². The van der Waals surface area contributed by atoms with E-state index in [-0.39, 0.29) is 18.6 Å². The minimum absolute atomic E-state index is 0.0127. The number of morpholine rings is 1. The zero-order valence-corrected chi connectivity index (χ0v) is 17.6. The second kappa shape index (κ2) is 10.3. The molecule has 2 aromatic carbocycles. The van der Waals surface area contributed by atoms with Crippen molar-refractivity contribution in [2.24, 2.45) is 0 Å². The summed E-state index contributed by atoms with van der Waals surface area (Å²) >= 11 is 0. The number of carbonyl (C=O) groups excluding carboxylic acids is 1. The highest BCUT2D eigenvalue weighted by molar-refractivity contribution is 5.77. The number of hydrogen-bond acceptors (Lipinski definition) is 5. The van der Waals surface area contributed by atoms with E-state index in [1.165, 1.54) is 5.56 Å². The van der Waals surface area contributed by atoms with Crippen LogP contribution in [0.25, 0.3) is 0 Å². The van der Waals surface area contributed by atoms with Gasteiger partial charge in [-0.2, -0.15) is 0 Å². The lowest BCUT2D eigenvalue weighted by Gasteiger charge is -2.35. The van der Waals surface area contributed by atoms with Crippen molar-refractivity contribution in [1.29, 1.82) is 0 Å². The molecular formula is C23H31N3O3. The van der Waals surface area contributed by atoms with Crippen LogP contribution >= 0.6 is 0 Å². The molecule has 1 N–H and O–H groups in total. The van der Waals surface area contributed by atoms with Crippen LogP contribution in [0.15, 0.2) is 48.5 Å². The molecule has 0 radical (unpaired) electrons. The molecule has 0 saturated carbocycles. The third kappa shape index (κ3) is 6.21. The fraction of sp³-hybridized carbons (Fsp3) is 0.435. The lowest BCUT2D eigenvalue weighted by Crippen LogP contribution is -2.44. The van der Waals surface area contributed by atoms with Gasteiger partial charge in [0.1, 0.15) is 5.75 Å². The monoisotopic (exact) mass is 397 g/mol. The van der Waals surface area contributed by atoms with E-state index in [2.05, 4.69) is 39.4 Å². The first-order valence-electron chi connectivity index (χ1n) is 10.1. The molecule has 1 fully saturated rings. The molecule has 2 aromatic rings. The fourth-order valence-corrected chi connectivity index (χ4v) is 3.46. The van der Waals surface area contributed by atoms with Gasteiger partial charge in [0.15, 0.2) is 6.61 Å². The Kier molecular flexibility index (Phi) is 7.49. The number of carbonyl (C=O) groups is 1. The normalized spacial score (nSPS) is 15.6. The van der Waals surface area contributed by atoms with Gasteiger partial charge in [-0.1, -0.05) is 24.3 Å². The lowest BCUT2D eigenvalue weighted by atomic mass is 10.0. The molecule has 1 heterocycles. The minimum atomic E-state index is -0.116. The van der Waals surface area contributed by atoms with Crippen molar-refractivity contribution < 1.29 is 14.3 Å². The molecule has 6 heteroatoms. The third-order valence-electron chi connectivity index (χ3n) is 5.13. The van der Waals surface area contributed by atoms with Crippen LogP contribution in [-0.4, -0.2) is 64.4 Å². The lowest BCUT2D eigenvalue weighted by molar-refractivity contribution is -0.123. The SMILES string of the molecule is Cc1cccc(OCC(=O)NCC(c2ccc(N(C)C)cc2)N2CCOCC2)c1. The van der Waals surface area contributed by atoms with E-state index in [0.29, 0.717) is 12.3 Å². The molecular weight excluding hydrogens is 366 g/mol. The number of hydrogen-bond donors (Lipinski definition) is 1. The first-order chi connectivity index (χ1) is 14.0. The number of anilines is 1. The van der Waals surface area contributed by atoms with Gasteiger partial charge in [-0.15, -0.1) is 0 Å². The van der Waals surface area contributed by atoms with E-state index in [0.717, 1.165) is 37.6 Å². The van der Waals surface area contributed by atoms with Gasteiger partial charge in [-0.25, -0.2) is 0 Å². The summed E-state index contributed by atoms with van der Waals surface area (Å²) in [5, 5.41) is 3.04. The molecule has 1 amide bonds. The average Bonchev–Trinajstić information content (AvgIpc) is 2.73. The molecule has 1 aliphatic rings. The molecule has 6 nitrogen and oxygen atoms in total. The molecule has 156 valence electrons. The van der Waals surface area contributed by atoms with Crippen LogP contribution in [0.3, 0.4) is 0 Å². The Balaban J connectivity index is 1.61. The summed E-state index contributed by atoms with van der Waals surface area (Å²) in [6.45, 7) is 5.70. The third-order valence-corrected chi connectivity index (χ3v) is 5.13. The van der Waals surface area contributed by atoms with Gasteiger partial charge in [-0.05, 0) is 42.3 Å². The first-order valence-corrected chi connectivity index (χ1v) is 10.1. The van der Waals surface area contributed by atoms with Crippen LogP contribution in [-0.2, 0) is 9.53 Å². The standard InChI is InChI=1S/C23H31N3O3/c1-18-5-4-6-21(15-18)29-17-23(27)24-16-22(26-11-13-28-14-12-26)19-7-9-20(10-8-19)25(2)3/h4-10,15,22H,11-14,16-17H2,1-3H3,(H,24,27). The van der Waals surface area contributed by atoms with E-state index in [1.807, 2.05) is 45.3 Å². The molecule has 0 bridgehead atoms. The van der Waals surface area contributed by atoms with Crippen LogP contribution in [0.2, 0.25) is 0 Å². The molecule has 1 aliphatic heterocycles. The molecule has 3 rings (SSSR count). The molecule has 0 aliphatic carbocycles. The largest absolute Gasteiger partial charge is 0.484 e. The Bertz CT molecular complexity index is 786. The predicted octanol–water partition coefficient (Wildman–Crippen LogP) is 2.63. The average molecular weight is 398 g/mol. The summed E-state index contributed by atoms with van der Waals surface area (Å²) in [5.74, 6) is 0.596. The number of rotatable bonds is 8. The molecule has 0 spiro atoms. The van der Waals surface area contributed by atoms with Crippen molar-refractivity contribution in [1.82, 2.24) is 10.2 Å². The fourth-order valence-electron chi connectivity index (χ4n) is 3.46. The molecule has 1 atom stereocenters. The van der Waals surface area contributed by atoms with Gasteiger partial charge in [0.2, 0.25) is 0 Å². The summed E-state index contributed by atoms with van der Waals surface area (Å²) in [7, 11) is 4.06. The van der Waals surface area contributed by atoms with Crippen molar-refractivity contribution >= 4 is 11.6 Å². The maximum Gasteiger partial charge on any atom is 0.258 e. The van der Waals surface area contributed by atoms with Crippen molar-refractivity contribution in [3.63, 3.8) is 0 Å². The maximum atomic E-state index is 12.4. The van der Waals surface area contributed by atoms with E-state index in [4.69, 9.17) is 9.47 Å². The number of ether oxygens (including phenoxy) is 2. The summed E-state index contributed by atoms with van der Waals surface area (Å²) in [6.07, 6.45) is 0. The highest BCUT2D eigenvalue weighted by atomic mass is 16.5. The highest BCUT2D eigenvalue weighted by Gasteiger charge is 2.23. The second-order valence-electron chi connectivity index (χ2n) is 7.56. The van der Waals surface area contributed by atoms with Crippen molar-refractivity contribution in [3.05, 3.63) is 59.7 Å². The first kappa shape index (κ1) is 21.1. The summed E-state index contributed by atoms with van der Waals surface area (Å²) in [6, 6.07) is 16.3. The van der Waals surface area contributed by atoms with Crippen LogP contribution < -0.4 is 15.0 Å². The van der Waals surface area contributed by atoms with Gasteiger partial charge in [0.25, 0.3) is 5.91 Å². The number of amides is 1. The van der Waals surface area contributed by atoms with E-state index in [9.17, 15) is 4.79 Å². The topological polar surface area (TPSA) is 54.0 Å². The summed E-state index contributed by atoms with van der Waals surface area (Å²) < 4.78 is 11.1. The Morgan fingerprint density at radius 3 is 2.55 bits per heavy atom. The van der Waals surface area contributed by atoms with Gasteiger partial charge in [0, 0.05) is 39.4 Å². The number of benzene rings is 2. The number of nitrogens with zero attached hydrogens (tertiary/aromatic N) is 2.